The number of carboxylic acids is 1. The lowest BCUT2D eigenvalue weighted by molar-refractivity contribution is -0.213. The van der Waals surface area contributed by atoms with E-state index < -0.39 is 29.9 Å². The van der Waals surface area contributed by atoms with Crippen LogP contribution >= 0.6 is 0 Å². The number of benzene rings is 1. The quantitative estimate of drug-likeness (QED) is 0.873. The minimum Gasteiger partial charge on any atom is -0.495 e. The van der Waals surface area contributed by atoms with E-state index in [1.165, 1.54) is 25.3 Å². The second kappa shape index (κ2) is 6.25. The third-order valence-electron chi connectivity index (χ3n) is 3.09. The number of halogens is 3. The molecular weight excluding hydrogens is 303 g/mol. The summed E-state index contributed by atoms with van der Waals surface area (Å²) in [5.74, 6) is -1.98. The van der Waals surface area contributed by atoms with Gasteiger partial charge in [0.1, 0.15) is 5.75 Å². The molecule has 1 amide bonds. The summed E-state index contributed by atoms with van der Waals surface area (Å²) in [5.41, 5.74) is -2.13. The molecule has 1 aromatic rings. The minimum atomic E-state index is -4.51. The van der Waals surface area contributed by atoms with Gasteiger partial charge in [0.15, 0.2) is 0 Å². The van der Waals surface area contributed by atoms with Crippen LogP contribution in [0.1, 0.15) is 30.6 Å². The Bertz CT molecular complexity index is 582. The second-order valence-corrected chi connectivity index (χ2v) is 5.33. The fraction of sp³-hybridized carbons (Fsp3) is 0.429. The Morgan fingerprint density at radius 2 is 1.86 bits per heavy atom. The van der Waals surface area contributed by atoms with Crippen molar-refractivity contribution >= 4 is 17.6 Å². The fourth-order valence-corrected chi connectivity index (χ4v) is 1.62. The van der Waals surface area contributed by atoms with Gasteiger partial charge in [-0.3, -0.25) is 4.79 Å². The van der Waals surface area contributed by atoms with E-state index in [2.05, 4.69) is 5.32 Å². The molecule has 8 heteroatoms. The Morgan fingerprint density at radius 3 is 2.32 bits per heavy atom. The lowest BCUT2D eigenvalue weighted by Crippen LogP contribution is -2.35. The van der Waals surface area contributed by atoms with Crippen LogP contribution < -0.4 is 10.1 Å². The molecule has 5 nitrogen and oxygen atoms in total. The van der Waals surface area contributed by atoms with Gasteiger partial charge in [-0.25, -0.2) is 4.79 Å². The summed E-state index contributed by atoms with van der Waals surface area (Å²) in [5, 5.41) is 11.2. The average Bonchev–Trinajstić information content (AvgIpc) is 2.36. The first-order valence-electron chi connectivity index (χ1n) is 6.26. The van der Waals surface area contributed by atoms with Crippen molar-refractivity contribution in [1.29, 1.82) is 0 Å². The standard InChI is InChI=1S/C14H16F3NO4/c1-13(2,14(15,16)17)7-11(19)18-9-5-4-8(12(20)21)6-10(9)22-3/h4-6H,7H2,1-3H3,(H,18,19)(H,20,21). The van der Waals surface area contributed by atoms with Crippen LogP contribution in [0.25, 0.3) is 0 Å². The molecular formula is C14H16F3NO4. The normalized spacial score (nSPS) is 11.9. The Kier molecular flexibility index (Phi) is 5.05. The average molecular weight is 319 g/mol. The number of carbonyl (C=O) groups excluding carboxylic acids is 1. The summed E-state index contributed by atoms with van der Waals surface area (Å²) < 4.78 is 43.2. The van der Waals surface area contributed by atoms with Gasteiger partial charge in [0.25, 0.3) is 0 Å². The highest BCUT2D eigenvalue weighted by atomic mass is 19.4. The van der Waals surface area contributed by atoms with Crippen molar-refractivity contribution in [2.75, 3.05) is 12.4 Å². The number of hydrogen-bond acceptors (Lipinski definition) is 3. The number of hydrogen-bond donors (Lipinski definition) is 2. The summed E-state index contributed by atoms with van der Waals surface area (Å²) in [6.07, 6.45) is -5.28. The summed E-state index contributed by atoms with van der Waals surface area (Å²) in [7, 11) is 1.26. The number of rotatable bonds is 5. The topological polar surface area (TPSA) is 75.6 Å². The van der Waals surface area contributed by atoms with Gasteiger partial charge in [-0.1, -0.05) is 13.8 Å². The number of ether oxygens (including phenoxy) is 1. The van der Waals surface area contributed by atoms with E-state index in [1.807, 2.05) is 0 Å². The first-order chi connectivity index (χ1) is 9.98. The highest BCUT2D eigenvalue weighted by Crippen LogP contribution is 2.40. The Morgan fingerprint density at radius 1 is 1.27 bits per heavy atom. The van der Waals surface area contributed by atoms with Crippen molar-refractivity contribution in [1.82, 2.24) is 0 Å². The van der Waals surface area contributed by atoms with E-state index >= 15 is 0 Å². The lowest BCUT2D eigenvalue weighted by atomic mass is 9.88. The fourth-order valence-electron chi connectivity index (χ4n) is 1.62. The minimum absolute atomic E-state index is 0.0538. The predicted molar refractivity (Wildman–Crippen MR) is 73.0 cm³/mol. The van der Waals surface area contributed by atoms with Gasteiger partial charge in [0, 0.05) is 6.42 Å². The Labute approximate surface area is 125 Å². The lowest BCUT2D eigenvalue weighted by Gasteiger charge is -2.27. The van der Waals surface area contributed by atoms with E-state index in [0.29, 0.717) is 0 Å². The van der Waals surface area contributed by atoms with Crippen LogP contribution in [0, 0.1) is 5.41 Å². The molecule has 0 radical (unpaired) electrons. The van der Waals surface area contributed by atoms with Gasteiger partial charge in [-0.2, -0.15) is 13.2 Å². The number of alkyl halides is 3. The molecule has 0 aromatic heterocycles. The molecule has 0 fully saturated rings. The molecule has 0 aliphatic carbocycles. The molecule has 1 rings (SSSR count). The first-order valence-corrected chi connectivity index (χ1v) is 6.26. The summed E-state index contributed by atoms with van der Waals surface area (Å²) in [6.45, 7) is 1.86. The van der Waals surface area contributed by atoms with Crippen LogP contribution in [0.2, 0.25) is 0 Å². The Balaban J connectivity index is 2.91. The second-order valence-electron chi connectivity index (χ2n) is 5.33. The van der Waals surface area contributed by atoms with E-state index in [0.717, 1.165) is 13.8 Å². The zero-order valence-electron chi connectivity index (χ0n) is 12.2. The van der Waals surface area contributed by atoms with Crippen LogP contribution in [0.5, 0.6) is 5.75 Å². The molecule has 0 unspecified atom stereocenters. The smallest absolute Gasteiger partial charge is 0.394 e. The van der Waals surface area contributed by atoms with Crippen molar-refractivity contribution in [3.05, 3.63) is 23.8 Å². The molecule has 0 aliphatic heterocycles. The van der Waals surface area contributed by atoms with Gasteiger partial charge in [0.05, 0.1) is 23.8 Å². The molecule has 0 atom stereocenters. The van der Waals surface area contributed by atoms with Crippen molar-refractivity contribution in [2.45, 2.75) is 26.4 Å². The van der Waals surface area contributed by atoms with E-state index in [-0.39, 0.29) is 17.0 Å². The SMILES string of the molecule is COc1cc(C(=O)O)ccc1NC(=O)CC(C)(C)C(F)(F)F. The van der Waals surface area contributed by atoms with Gasteiger partial charge in [-0.05, 0) is 18.2 Å². The zero-order valence-corrected chi connectivity index (χ0v) is 12.2. The number of methoxy groups -OCH3 is 1. The third-order valence-corrected chi connectivity index (χ3v) is 3.09. The summed E-state index contributed by atoms with van der Waals surface area (Å²) in [6, 6.07) is 3.66. The molecule has 22 heavy (non-hydrogen) atoms. The molecule has 0 aliphatic rings. The van der Waals surface area contributed by atoms with Crippen molar-refractivity contribution < 1.29 is 32.6 Å². The van der Waals surface area contributed by atoms with Crippen molar-refractivity contribution in [3.8, 4) is 5.75 Å². The maximum absolute atomic E-state index is 12.7. The largest absolute Gasteiger partial charge is 0.495 e. The third kappa shape index (κ3) is 4.12. The van der Waals surface area contributed by atoms with Crippen molar-refractivity contribution in [3.63, 3.8) is 0 Å². The molecule has 0 spiro atoms. The van der Waals surface area contributed by atoms with E-state index in [9.17, 15) is 22.8 Å². The molecule has 0 heterocycles. The van der Waals surface area contributed by atoms with Crippen LogP contribution in [0.4, 0.5) is 18.9 Å². The van der Waals surface area contributed by atoms with Gasteiger partial charge in [0.2, 0.25) is 5.91 Å². The Hall–Kier alpha value is -2.25. The number of carbonyl (C=O) groups is 2. The van der Waals surface area contributed by atoms with E-state index in [1.54, 1.807) is 0 Å². The molecule has 122 valence electrons. The van der Waals surface area contributed by atoms with Gasteiger partial charge >= 0.3 is 12.1 Å². The number of amides is 1. The highest BCUT2D eigenvalue weighted by molar-refractivity contribution is 5.94. The van der Waals surface area contributed by atoms with Crippen LogP contribution in [0.3, 0.4) is 0 Å². The predicted octanol–water partition coefficient (Wildman–Crippen LogP) is 3.31. The molecule has 2 N–H and O–H groups in total. The number of aromatic carboxylic acids is 1. The number of carboxylic acid groups (broad SMARTS) is 1. The van der Waals surface area contributed by atoms with Crippen LogP contribution in [-0.4, -0.2) is 30.3 Å². The molecule has 1 aromatic carbocycles. The summed E-state index contributed by atoms with van der Waals surface area (Å²) >= 11 is 0. The maximum Gasteiger partial charge on any atom is 0.394 e. The maximum atomic E-state index is 12.7. The van der Waals surface area contributed by atoms with Crippen LogP contribution in [-0.2, 0) is 4.79 Å². The molecule has 0 saturated carbocycles. The highest BCUT2D eigenvalue weighted by Gasteiger charge is 2.48. The molecule has 0 saturated heterocycles. The van der Waals surface area contributed by atoms with Gasteiger partial charge < -0.3 is 15.2 Å². The van der Waals surface area contributed by atoms with Crippen LogP contribution in [0.15, 0.2) is 18.2 Å². The monoisotopic (exact) mass is 319 g/mol. The molecule has 0 bridgehead atoms. The number of anilines is 1. The first kappa shape index (κ1) is 17.8. The zero-order chi connectivity index (χ0) is 17.1. The van der Waals surface area contributed by atoms with Gasteiger partial charge in [-0.15, -0.1) is 0 Å². The van der Waals surface area contributed by atoms with Crippen molar-refractivity contribution in [2.24, 2.45) is 5.41 Å². The number of nitrogens with one attached hydrogen (secondary N) is 1. The summed E-state index contributed by atoms with van der Waals surface area (Å²) in [4.78, 5) is 22.6. The van der Waals surface area contributed by atoms with E-state index in [4.69, 9.17) is 9.84 Å².